The fraction of sp³-hybridized carbons (Fsp3) is 0.300. The molecule has 0 radical (unpaired) electrons. The van der Waals surface area contributed by atoms with Gasteiger partial charge in [-0.3, -0.25) is 14.0 Å². The third-order valence-corrected chi connectivity index (χ3v) is 6.93. The second kappa shape index (κ2) is 11.4. The van der Waals surface area contributed by atoms with Crippen LogP contribution in [0, 0.1) is 11.8 Å². The fourth-order valence-electron chi connectivity index (χ4n) is 5.10. The molecule has 3 aromatic heterocycles. The van der Waals surface area contributed by atoms with E-state index in [4.69, 9.17) is 10.7 Å². The molecule has 0 saturated carbocycles. The zero-order valence-electron chi connectivity index (χ0n) is 22.1. The number of rotatable bonds is 6. The number of hydrogen-bond donors (Lipinski definition) is 2. The maximum absolute atomic E-state index is 12.9. The highest BCUT2D eigenvalue weighted by Gasteiger charge is 2.32. The molecule has 1 aliphatic heterocycles. The summed E-state index contributed by atoms with van der Waals surface area (Å²) in [6, 6.07) is 10.8. The highest BCUT2D eigenvalue weighted by molar-refractivity contribution is 6.04. The van der Waals surface area contributed by atoms with Crippen molar-refractivity contribution < 1.29 is 9.59 Å². The molecule has 4 heterocycles. The molecule has 4 aromatic rings. The standard InChI is InChI=1S/C30H31N7O2/c1-3-7-20-14-15-32-24(19-20)34-30(39)22-12-10-21(11-13-22)26-27-28(31)33-16-18-37(27)29(35-26)23-9-5-6-17-36(23)25(38)8-4-2/h10-16,18-19,23H,3,5-7,9,17H2,1-2H3,(H2,31,33)(H,32,34,39)/t23-/m0/s1. The number of hydrogen-bond acceptors (Lipinski definition) is 6. The Balaban J connectivity index is 1.47. The zero-order chi connectivity index (χ0) is 27.4. The molecule has 1 aliphatic rings. The van der Waals surface area contributed by atoms with Gasteiger partial charge in [-0.05, 0) is 68.4 Å². The van der Waals surface area contributed by atoms with Gasteiger partial charge in [-0.15, -0.1) is 0 Å². The summed E-state index contributed by atoms with van der Waals surface area (Å²) in [6.45, 7) is 4.40. The maximum Gasteiger partial charge on any atom is 0.299 e. The average molecular weight is 522 g/mol. The van der Waals surface area contributed by atoms with E-state index in [9.17, 15) is 9.59 Å². The molecule has 2 amide bonds. The molecule has 0 aliphatic carbocycles. The minimum atomic E-state index is -0.243. The molecule has 0 spiro atoms. The van der Waals surface area contributed by atoms with Crippen LogP contribution in [0.25, 0.3) is 16.8 Å². The van der Waals surface area contributed by atoms with Crippen LogP contribution in [-0.4, -0.2) is 42.6 Å². The van der Waals surface area contributed by atoms with Crippen LogP contribution in [0.15, 0.2) is 55.0 Å². The van der Waals surface area contributed by atoms with Gasteiger partial charge in [0, 0.05) is 36.3 Å². The fourth-order valence-corrected chi connectivity index (χ4v) is 5.10. The van der Waals surface area contributed by atoms with Crippen molar-refractivity contribution in [1.29, 1.82) is 0 Å². The number of aryl methyl sites for hydroxylation is 1. The summed E-state index contributed by atoms with van der Waals surface area (Å²) in [6.07, 6.45) is 9.80. The van der Waals surface area contributed by atoms with Gasteiger partial charge >= 0.3 is 0 Å². The molecule has 198 valence electrons. The van der Waals surface area contributed by atoms with Crippen molar-refractivity contribution in [2.45, 2.75) is 52.0 Å². The zero-order valence-corrected chi connectivity index (χ0v) is 22.1. The average Bonchev–Trinajstić information content (AvgIpc) is 3.34. The summed E-state index contributed by atoms with van der Waals surface area (Å²) in [5, 5.41) is 2.88. The quantitative estimate of drug-likeness (QED) is 0.357. The molecule has 1 aromatic carbocycles. The van der Waals surface area contributed by atoms with E-state index in [1.807, 2.05) is 34.9 Å². The van der Waals surface area contributed by atoms with Crippen LogP contribution in [0.1, 0.15) is 67.3 Å². The number of piperidine rings is 1. The van der Waals surface area contributed by atoms with E-state index in [0.717, 1.165) is 49.1 Å². The van der Waals surface area contributed by atoms with Crippen molar-refractivity contribution in [3.63, 3.8) is 0 Å². The Hall–Kier alpha value is -4.71. The maximum atomic E-state index is 12.9. The van der Waals surface area contributed by atoms with Crippen molar-refractivity contribution in [3.05, 3.63) is 71.9 Å². The third-order valence-electron chi connectivity index (χ3n) is 6.93. The Bertz CT molecular complexity index is 1580. The first-order valence-electron chi connectivity index (χ1n) is 13.2. The highest BCUT2D eigenvalue weighted by atomic mass is 16.2. The second-order valence-corrected chi connectivity index (χ2v) is 9.57. The summed E-state index contributed by atoms with van der Waals surface area (Å²) in [7, 11) is 0. The highest BCUT2D eigenvalue weighted by Crippen LogP contribution is 2.35. The first-order chi connectivity index (χ1) is 19.0. The van der Waals surface area contributed by atoms with Gasteiger partial charge in [-0.1, -0.05) is 31.4 Å². The first kappa shape index (κ1) is 25.9. The van der Waals surface area contributed by atoms with Gasteiger partial charge < -0.3 is 16.0 Å². The number of nitrogen functional groups attached to an aromatic ring is 1. The van der Waals surface area contributed by atoms with Gasteiger partial charge in [-0.25, -0.2) is 15.0 Å². The summed E-state index contributed by atoms with van der Waals surface area (Å²) >= 11 is 0. The summed E-state index contributed by atoms with van der Waals surface area (Å²) in [4.78, 5) is 41.1. The van der Waals surface area contributed by atoms with E-state index in [1.54, 1.807) is 36.4 Å². The molecule has 1 atom stereocenters. The summed E-state index contributed by atoms with van der Waals surface area (Å²) < 4.78 is 1.92. The van der Waals surface area contributed by atoms with Crippen LogP contribution in [0.2, 0.25) is 0 Å². The molecule has 9 nitrogen and oxygen atoms in total. The van der Waals surface area contributed by atoms with Crippen molar-refractivity contribution in [1.82, 2.24) is 24.3 Å². The van der Waals surface area contributed by atoms with E-state index in [1.165, 1.54) is 0 Å². The number of amides is 2. The van der Waals surface area contributed by atoms with Crippen LogP contribution < -0.4 is 11.1 Å². The van der Waals surface area contributed by atoms with Crippen LogP contribution in [-0.2, 0) is 11.2 Å². The van der Waals surface area contributed by atoms with Gasteiger partial charge in [0.25, 0.3) is 11.8 Å². The Morgan fingerprint density at radius 1 is 1.13 bits per heavy atom. The van der Waals surface area contributed by atoms with Gasteiger partial charge in [0.05, 0.1) is 6.04 Å². The molecule has 39 heavy (non-hydrogen) atoms. The number of nitrogens with two attached hydrogens (primary N) is 1. The number of aromatic nitrogens is 4. The van der Waals surface area contributed by atoms with Gasteiger partial charge in [-0.2, -0.15) is 0 Å². The number of carbonyl (C=O) groups excluding carboxylic acids is 2. The summed E-state index contributed by atoms with van der Waals surface area (Å²) in [5.41, 5.74) is 10.1. The lowest BCUT2D eigenvalue weighted by atomic mass is 10.0. The molecule has 1 saturated heterocycles. The van der Waals surface area contributed by atoms with E-state index >= 15 is 0 Å². The third kappa shape index (κ3) is 5.32. The van der Waals surface area contributed by atoms with Crippen LogP contribution in [0.3, 0.4) is 0 Å². The molecule has 0 unspecified atom stereocenters. The molecule has 0 bridgehead atoms. The number of anilines is 2. The van der Waals surface area contributed by atoms with Crippen molar-refractivity contribution in [2.24, 2.45) is 0 Å². The Kier molecular flexibility index (Phi) is 7.55. The Morgan fingerprint density at radius 3 is 2.72 bits per heavy atom. The topological polar surface area (TPSA) is 119 Å². The van der Waals surface area contributed by atoms with Crippen molar-refractivity contribution in [2.75, 3.05) is 17.6 Å². The van der Waals surface area contributed by atoms with E-state index in [2.05, 4.69) is 34.0 Å². The van der Waals surface area contributed by atoms with Crippen LogP contribution in [0.5, 0.6) is 0 Å². The smallest absolute Gasteiger partial charge is 0.299 e. The molecule has 1 fully saturated rings. The van der Waals surface area contributed by atoms with Crippen molar-refractivity contribution >= 4 is 29.0 Å². The predicted molar refractivity (Wildman–Crippen MR) is 151 cm³/mol. The lowest BCUT2D eigenvalue weighted by molar-refractivity contribution is -0.129. The second-order valence-electron chi connectivity index (χ2n) is 9.57. The minimum Gasteiger partial charge on any atom is -0.382 e. The summed E-state index contributed by atoms with van der Waals surface area (Å²) in [5.74, 6) is 6.54. The van der Waals surface area contributed by atoms with Crippen molar-refractivity contribution in [3.8, 4) is 23.1 Å². The monoisotopic (exact) mass is 521 g/mol. The number of fused-ring (bicyclic) bond motifs is 1. The predicted octanol–water partition coefficient (Wildman–Crippen LogP) is 4.66. The SMILES string of the molecule is CC#CC(=O)N1CCCC[C@H]1c1nc(-c2ccc(C(=O)Nc3cc(CCC)ccn3)cc2)c2c(N)nccn12. The molecular weight excluding hydrogens is 490 g/mol. The number of nitrogens with zero attached hydrogens (tertiary/aromatic N) is 5. The lowest BCUT2D eigenvalue weighted by Crippen LogP contribution is -2.38. The normalized spacial score (nSPS) is 15.0. The Labute approximate surface area is 227 Å². The van der Waals surface area contributed by atoms with Gasteiger partial charge in [0.15, 0.2) is 0 Å². The van der Waals surface area contributed by atoms with Gasteiger partial charge in [0.1, 0.15) is 28.7 Å². The number of nitrogens with one attached hydrogen (secondary N) is 1. The van der Waals surface area contributed by atoms with Crippen LogP contribution in [0.4, 0.5) is 11.6 Å². The number of likely N-dealkylation sites (tertiary alicyclic amines) is 1. The molecule has 3 N–H and O–H groups in total. The molecular formula is C30H31N7O2. The number of imidazole rings is 1. The van der Waals surface area contributed by atoms with Gasteiger partial charge in [0.2, 0.25) is 0 Å². The minimum absolute atomic E-state index is 0.201. The Morgan fingerprint density at radius 2 is 1.95 bits per heavy atom. The lowest BCUT2D eigenvalue weighted by Gasteiger charge is -2.33. The van der Waals surface area contributed by atoms with E-state index < -0.39 is 0 Å². The number of carbonyl (C=O) groups is 2. The molecule has 5 rings (SSSR count). The number of pyridine rings is 1. The first-order valence-corrected chi connectivity index (χ1v) is 13.2. The van der Waals surface area contributed by atoms with Crippen LogP contribution >= 0.6 is 0 Å². The van der Waals surface area contributed by atoms with E-state index in [0.29, 0.717) is 35.0 Å². The number of benzene rings is 1. The molecule has 9 heteroatoms. The largest absolute Gasteiger partial charge is 0.382 e. The van der Waals surface area contributed by atoms with E-state index in [-0.39, 0.29) is 17.9 Å².